The molecule has 1 aromatic rings. The van der Waals surface area contributed by atoms with Crippen molar-refractivity contribution in [2.45, 2.75) is 38.9 Å². The first kappa shape index (κ1) is 15.5. The third-order valence-electron chi connectivity index (χ3n) is 4.01. The van der Waals surface area contributed by atoms with Gasteiger partial charge in [-0.3, -0.25) is 14.5 Å². The average Bonchev–Trinajstić information content (AvgIpc) is 2.42. The topological polar surface area (TPSA) is 60.9 Å². The summed E-state index contributed by atoms with van der Waals surface area (Å²) < 4.78 is 0. The smallest absolute Gasteiger partial charge is 0.305 e. The number of carboxylic acid groups (broad SMARTS) is 1. The van der Waals surface area contributed by atoms with Crippen LogP contribution in [0.4, 0.5) is 0 Å². The molecule has 1 aliphatic rings. The third kappa shape index (κ3) is 4.04. The standard InChI is InChI=1S/C16H22N2O3/c1-12-9-18(13(2)19)15(8-16(20)21)11-17(12)10-14-6-4-3-5-7-14/h3-7,12,15H,8-11H2,1-2H3,(H,20,21)/t12-,15+/m1/s1. The summed E-state index contributed by atoms with van der Waals surface area (Å²) in [7, 11) is 0. The van der Waals surface area contributed by atoms with E-state index in [1.54, 1.807) is 4.90 Å². The Morgan fingerprint density at radius 2 is 1.90 bits per heavy atom. The van der Waals surface area contributed by atoms with Crippen LogP contribution in [0.5, 0.6) is 0 Å². The number of carboxylic acids is 1. The SMILES string of the molecule is CC(=O)N1C[C@@H](C)N(Cc2ccccc2)C[C@@H]1CC(=O)O. The van der Waals surface area contributed by atoms with E-state index in [-0.39, 0.29) is 24.4 Å². The molecular weight excluding hydrogens is 268 g/mol. The predicted octanol–water partition coefficient (Wildman–Crippen LogP) is 1.58. The van der Waals surface area contributed by atoms with Gasteiger partial charge in [0.2, 0.25) is 5.91 Å². The molecule has 0 unspecified atom stereocenters. The molecule has 1 amide bonds. The Bertz CT molecular complexity index is 504. The summed E-state index contributed by atoms with van der Waals surface area (Å²) in [5, 5.41) is 9.05. The van der Waals surface area contributed by atoms with Gasteiger partial charge in [-0.05, 0) is 12.5 Å². The van der Waals surface area contributed by atoms with E-state index < -0.39 is 5.97 Å². The number of aliphatic carboxylic acids is 1. The van der Waals surface area contributed by atoms with E-state index in [1.807, 2.05) is 18.2 Å². The Balaban J connectivity index is 2.09. The molecule has 21 heavy (non-hydrogen) atoms. The minimum Gasteiger partial charge on any atom is -0.481 e. The van der Waals surface area contributed by atoms with Gasteiger partial charge in [-0.15, -0.1) is 0 Å². The van der Waals surface area contributed by atoms with Crippen LogP contribution in [-0.4, -0.2) is 52.0 Å². The van der Waals surface area contributed by atoms with Crippen LogP contribution >= 0.6 is 0 Å². The minimum atomic E-state index is -0.861. The van der Waals surface area contributed by atoms with Crippen molar-refractivity contribution in [1.82, 2.24) is 9.80 Å². The van der Waals surface area contributed by atoms with Gasteiger partial charge in [0.05, 0.1) is 12.5 Å². The van der Waals surface area contributed by atoms with Gasteiger partial charge in [-0.2, -0.15) is 0 Å². The van der Waals surface area contributed by atoms with Crippen molar-refractivity contribution in [3.05, 3.63) is 35.9 Å². The van der Waals surface area contributed by atoms with Crippen LogP contribution in [0.3, 0.4) is 0 Å². The highest BCUT2D eigenvalue weighted by atomic mass is 16.4. The lowest BCUT2D eigenvalue weighted by atomic mass is 10.0. The van der Waals surface area contributed by atoms with Gasteiger partial charge in [0.25, 0.3) is 0 Å². The average molecular weight is 290 g/mol. The second-order valence-corrected chi connectivity index (χ2v) is 5.69. The third-order valence-corrected chi connectivity index (χ3v) is 4.01. The summed E-state index contributed by atoms with van der Waals surface area (Å²) >= 11 is 0. The van der Waals surface area contributed by atoms with Gasteiger partial charge >= 0.3 is 5.97 Å². The summed E-state index contributed by atoms with van der Waals surface area (Å²) in [5.74, 6) is -0.909. The molecule has 0 bridgehead atoms. The quantitative estimate of drug-likeness (QED) is 0.914. The molecule has 2 rings (SSSR count). The maximum Gasteiger partial charge on any atom is 0.305 e. The van der Waals surface area contributed by atoms with E-state index in [9.17, 15) is 9.59 Å². The van der Waals surface area contributed by atoms with Crippen LogP contribution in [-0.2, 0) is 16.1 Å². The van der Waals surface area contributed by atoms with E-state index in [1.165, 1.54) is 12.5 Å². The van der Waals surface area contributed by atoms with Crippen LogP contribution in [0.25, 0.3) is 0 Å². The lowest BCUT2D eigenvalue weighted by Crippen LogP contribution is -2.58. The highest BCUT2D eigenvalue weighted by Crippen LogP contribution is 2.20. The number of rotatable bonds is 4. The van der Waals surface area contributed by atoms with Gasteiger partial charge in [0.15, 0.2) is 0 Å². The Labute approximate surface area is 125 Å². The second-order valence-electron chi connectivity index (χ2n) is 5.69. The molecular formula is C16H22N2O3. The number of benzene rings is 1. The molecule has 0 spiro atoms. The van der Waals surface area contributed by atoms with E-state index in [0.717, 1.165) is 6.54 Å². The number of amides is 1. The molecule has 0 saturated carbocycles. The van der Waals surface area contributed by atoms with Crippen LogP contribution in [0, 0.1) is 0 Å². The summed E-state index contributed by atoms with van der Waals surface area (Å²) in [6.07, 6.45) is -0.00239. The zero-order valence-electron chi connectivity index (χ0n) is 12.5. The number of hydrogen-bond donors (Lipinski definition) is 1. The fourth-order valence-electron chi connectivity index (χ4n) is 2.90. The number of carbonyl (C=O) groups is 2. The lowest BCUT2D eigenvalue weighted by Gasteiger charge is -2.44. The van der Waals surface area contributed by atoms with Crippen LogP contribution in [0.2, 0.25) is 0 Å². The molecule has 1 aliphatic heterocycles. The van der Waals surface area contributed by atoms with Crippen molar-refractivity contribution in [3.63, 3.8) is 0 Å². The number of piperazine rings is 1. The molecule has 1 fully saturated rings. The van der Waals surface area contributed by atoms with Crippen molar-refractivity contribution in [3.8, 4) is 0 Å². The summed E-state index contributed by atoms with van der Waals surface area (Å²) in [6, 6.07) is 10.1. The van der Waals surface area contributed by atoms with Crippen LogP contribution in [0.1, 0.15) is 25.8 Å². The predicted molar refractivity (Wildman–Crippen MR) is 79.7 cm³/mol. The molecule has 114 valence electrons. The Kier molecular flexibility index (Phi) is 4.96. The van der Waals surface area contributed by atoms with E-state index >= 15 is 0 Å². The Hall–Kier alpha value is -1.88. The zero-order valence-corrected chi connectivity index (χ0v) is 12.5. The fourth-order valence-corrected chi connectivity index (χ4v) is 2.90. The minimum absolute atomic E-state index is 0.00239. The molecule has 0 aliphatic carbocycles. The Morgan fingerprint density at radius 3 is 2.48 bits per heavy atom. The summed E-state index contributed by atoms with van der Waals surface area (Å²) in [4.78, 5) is 26.7. The first-order chi connectivity index (χ1) is 9.97. The van der Waals surface area contributed by atoms with E-state index in [2.05, 4.69) is 24.0 Å². The maximum atomic E-state index is 11.7. The van der Waals surface area contributed by atoms with Crippen molar-refractivity contribution in [2.75, 3.05) is 13.1 Å². The van der Waals surface area contributed by atoms with Gasteiger partial charge in [-0.25, -0.2) is 0 Å². The first-order valence-corrected chi connectivity index (χ1v) is 7.24. The fraction of sp³-hybridized carbons (Fsp3) is 0.500. The molecule has 1 aromatic carbocycles. The van der Waals surface area contributed by atoms with Gasteiger partial charge in [0, 0.05) is 32.6 Å². The summed E-state index contributed by atoms with van der Waals surface area (Å²) in [5.41, 5.74) is 1.20. The van der Waals surface area contributed by atoms with E-state index in [4.69, 9.17) is 5.11 Å². The van der Waals surface area contributed by atoms with Gasteiger partial charge in [-0.1, -0.05) is 30.3 Å². The number of hydrogen-bond acceptors (Lipinski definition) is 3. The normalized spacial score (nSPS) is 23.0. The highest BCUT2D eigenvalue weighted by molar-refractivity contribution is 5.75. The largest absolute Gasteiger partial charge is 0.481 e. The van der Waals surface area contributed by atoms with Gasteiger partial charge < -0.3 is 10.0 Å². The van der Waals surface area contributed by atoms with Crippen molar-refractivity contribution in [1.29, 1.82) is 0 Å². The molecule has 2 atom stereocenters. The van der Waals surface area contributed by atoms with Crippen molar-refractivity contribution in [2.24, 2.45) is 0 Å². The number of nitrogens with zero attached hydrogens (tertiary/aromatic N) is 2. The number of carbonyl (C=O) groups excluding carboxylic acids is 1. The summed E-state index contributed by atoms with van der Waals surface area (Å²) in [6.45, 7) is 5.55. The second kappa shape index (κ2) is 6.72. The molecule has 5 heteroatoms. The monoisotopic (exact) mass is 290 g/mol. The van der Waals surface area contributed by atoms with Crippen molar-refractivity contribution >= 4 is 11.9 Å². The molecule has 1 heterocycles. The van der Waals surface area contributed by atoms with Crippen LogP contribution < -0.4 is 0 Å². The molecule has 1 N–H and O–H groups in total. The van der Waals surface area contributed by atoms with Crippen molar-refractivity contribution < 1.29 is 14.7 Å². The van der Waals surface area contributed by atoms with E-state index in [0.29, 0.717) is 13.1 Å². The molecule has 5 nitrogen and oxygen atoms in total. The lowest BCUT2D eigenvalue weighted by molar-refractivity contribution is -0.143. The van der Waals surface area contributed by atoms with Crippen LogP contribution in [0.15, 0.2) is 30.3 Å². The highest BCUT2D eigenvalue weighted by Gasteiger charge is 2.34. The Morgan fingerprint density at radius 1 is 1.24 bits per heavy atom. The van der Waals surface area contributed by atoms with Gasteiger partial charge in [0.1, 0.15) is 0 Å². The molecule has 1 saturated heterocycles. The molecule has 0 aromatic heterocycles. The molecule has 0 radical (unpaired) electrons. The maximum absolute atomic E-state index is 11.7. The first-order valence-electron chi connectivity index (χ1n) is 7.24. The zero-order chi connectivity index (χ0) is 15.4.